The summed E-state index contributed by atoms with van der Waals surface area (Å²) in [6, 6.07) is 5.77. The Labute approximate surface area is 199 Å². The number of primary amides is 1. The summed E-state index contributed by atoms with van der Waals surface area (Å²) in [5, 5.41) is 2.53. The Morgan fingerprint density at radius 3 is 2.35 bits per heavy atom. The lowest BCUT2D eigenvalue weighted by molar-refractivity contribution is -0.139. The van der Waals surface area contributed by atoms with Gasteiger partial charge < -0.3 is 25.4 Å². The zero-order valence-electron chi connectivity index (χ0n) is 19.8. The molecule has 1 aromatic carbocycles. The van der Waals surface area contributed by atoms with Crippen LogP contribution in [0.15, 0.2) is 36.9 Å². The highest BCUT2D eigenvalue weighted by Gasteiger charge is 2.43. The molecule has 2 heterocycles. The van der Waals surface area contributed by atoms with Crippen LogP contribution < -0.4 is 11.1 Å². The fourth-order valence-electron chi connectivity index (χ4n) is 4.11. The van der Waals surface area contributed by atoms with Crippen LogP contribution in [0.5, 0.6) is 0 Å². The first kappa shape index (κ1) is 25.1. The number of nitrogens with two attached hydrogens (primary N) is 1. The van der Waals surface area contributed by atoms with Gasteiger partial charge in [0.15, 0.2) is 0 Å². The summed E-state index contributed by atoms with van der Waals surface area (Å²) in [4.78, 5) is 53.1. The zero-order chi connectivity index (χ0) is 25.0. The summed E-state index contributed by atoms with van der Waals surface area (Å²) >= 11 is 0. The van der Waals surface area contributed by atoms with Crippen molar-refractivity contribution in [3.8, 4) is 0 Å². The summed E-state index contributed by atoms with van der Waals surface area (Å²) in [7, 11) is 0. The largest absolute Gasteiger partial charge is 0.444 e. The maximum absolute atomic E-state index is 13.2. The van der Waals surface area contributed by atoms with Gasteiger partial charge in [-0.3, -0.25) is 14.5 Å². The minimum absolute atomic E-state index is 0.0113. The average Bonchev–Trinajstić information content (AvgIpc) is 3.36. The molecule has 0 aliphatic carbocycles. The number of fused-ring (bicyclic) bond motifs is 1. The number of benzene rings is 1. The van der Waals surface area contributed by atoms with Crippen LogP contribution in [-0.4, -0.2) is 64.1 Å². The highest BCUT2D eigenvalue weighted by Crippen LogP contribution is 2.26. The standard InChI is InChI=1S/C24H32N4O6/c1-5-8-18(26-22(31)34-24(2,3)4)21(30)28-14-17(11-19(28)20(25)29)33-23(32)27-12-15-9-6-7-10-16(15)13-27/h5-7,9-10,17-19H,1,8,11-14H2,2-4H3,(H2,25,29)(H,26,31)/t17-,18+,19+/m1/s1. The van der Waals surface area contributed by atoms with E-state index in [0.29, 0.717) is 13.1 Å². The third kappa shape index (κ3) is 6.06. The van der Waals surface area contributed by atoms with Crippen LogP contribution in [0.1, 0.15) is 44.7 Å². The number of hydrogen-bond acceptors (Lipinski definition) is 6. The molecule has 0 saturated carbocycles. The Morgan fingerprint density at radius 2 is 1.82 bits per heavy atom. The monoisotopic (exact) mass is 472 g/mol. The number of ether oxygens (including phenoxy) is 2. The predicted octanol–water partition coefficient (Wildman–Crippen LogP) is 2.06. The van der Waals surface area contributed by atoms with Crippen molar-refractivity contribution in [1.82, 2.24) is 15.1 Å². The van der Waals surface area contributed by atoms with E-state index in [9.17, 15) is 19.2 Å². The Balaban J connectivity index is 1.65. The second-order valence-corrected chi connectivity index (χ2v) is 9.50. The zero-order valence-corrected chi connectivity index (χ0v) is 19.8. The van der Waals surface area contributed by atoms with Gasteiger partial charge >= 0.3 is 12.2 Å². The first-order valence-electron chi connectivity index (χ1n) is 11.2. The second-order valence-electron chi connectivity index (χ2n) is 9.50. The van der Waals surface area contributed by atoms with E-state index < -0.39 is 47.8 Å². The van der Waals surface area contributed by atoms with Crippen molar-refractivity contribution >= 4 is 24.0 Å². The first-order valence-corrected chi connectivity index (χ1v) is 11.2. The van der Waals surface area contributed by atoms with Crippen LogP contribution in [-0.2, 0) is 32.2 Å². The van der Waals surface area contributed by atoms with Crippen LogP contribution in [0.25, 0.3) is 0 Å². The summed E-state index contributed by atoms with van der Waals surface area (Å²) in [5.74, 6) is -1.24. The molecule has 3 atom stereocenters. The molecule has 2 aliphatic heterocycles. The number of hydrogen-bond donors (Lipinski definition) is 2. The number of likely N-dealkylation sites (tertiary alicyclic amines) is 1. The average molecular weight is 473 g/mol. The van der Waals surface area contributed by atoms with Crippen molar-refractivity contribution in [2.45, 2.75) is 70.5 Å². The van der Waals surface area contributed by atoms with Crippen LogP contribution >= 0.6 is 0 Å². The van der Waals surface area contributed by atoms with E-state index in [1.165, 1.54) is 11.0 Å². The lowest BCUT2D eigenvalue weighted by Crippen LogP contribution is -2.53. The molecular formula is C24H32N4O6. The number of carbonyl (C=O) groups excluding carboxylic acids is 4. The van der Waals surface area contributed by atoms with E-state index in [2.05, 4.69) is 11.9 Å². The number of nitrogens with one attached hydrogen (secondary N) is 1. The van der Waals surface area contributed by atoms with Crippen LogP contribution in [0, 0.1) is 0 Å². The Bertz CT molecular complexity index is 947. The summed E-state index contributed by atoms with van der Waals surface area (Å²) in [5.41, 5.74) is 6.90. The normalized spacial score (nSPS) is 20.3. The van der Waals surface area contributed by atoms with Crippen LogP contribution in [0.4, 0.5) is 9.59 Å². The minimum Gasteiger partial charge on any atom is -0.444 e. The van der Waals surface area contributed by atoms with Crippen molar-refractivity contribution in [1.29, 1.82) is 0 Å². The minimum atomic E-state index is -1.00. The van der Waals surface area contributed by atoms with E-state index in [1.807, 2.05) is 24.3 Å². The molecule has 34 heavy (non-hydrogen) atoms. The molecule has 0 unspecified atom stereocenters. The van der Waals surface area contributed by atoms with Gasteiger partial charge in [-0.15, -0.1) is 6.58 Å². The van der Waals surface area contributed by atoms with Gasteiger partial charge in [-0.1, -0.05) is 30.3 Å². The number of amides is 4. The molecular weight excluding hydrogens is 440 g/mol. The molecule has 10 nitrogen and oxygen atoms in total. The molecule has 2 aliphatic rings. The summed E-state index contributed by atoms with van der Waals surface area (Å²) in [6.45, 7) is 9.61. The first-order chi connectivity index (χ1) is 16.0. The van der Waals surface area contributed by atoms with E-state index in [4.69, 9.17) is 15.2 Å². The predicted molar refractivity (Wildman–Crippen MR) is 123 cm³/mol. The molecule has 10 heteroatoms. The molecule has 184 valence electrons. The maximum Gasteiger partial charge on any atom is 0.410 e. The van der Waals surface area contributed by atoms with Crippen molar-refractivity contribution in [2.75, 3.05) is 6.54 Å². The third-order valence-corrected chi connectivity index (χ3v) is 5.63. The number of alkyl carbamates (subject to hydrolysis) is 1. The topological polar surface area (TPSA) is 131 Å². The second kappa shape index (κ2) is 10.1. The van der Waals surface area contributed by atoms with Crippen molar-refractivity contribution in [2.24, 2.45) is 5.73 Å². The quantitative estimate of drug-likeness (QED) is 0.610. The molecule has 3 rings (SSSR count). The van der Waals surface area contributed by atoms with Crippen molar-refractivity contribution < 1.29 is 28.7 Å². The van der Waals surface area contributed by atoms with Gasteiger partial charge in [0.2, 0.25) is 11.8 Å². The molecule has 1 aromatic rings. The van der Waals surface area contributed by atoms with Gasteiger partial charge in [0, 0.05) is 19.5 Å². The van der Waals surface area contributed by atoms with Crippen LogP contribution in [0.2, 0.25) is 0 Å². The molecule has 0 radical (unpaired) electrons. The third-order valence-electron chi connectivity index (χ3n) is 5.63. The van der Waals surface area contributed by atoms with E-state index in [0.717, 1.165) is 11.1 Å². The van der Waals surface area contributed by atoms with Gasteiger partial charge in [-0.05, 0) is 38.3 Å². The van der Waals surface area contributed by atoms with Gasteiger partial charge in [0.1, 0.15) is 23.8 Å². The molecule has 0 spiro atoms. The van der Waals surface area contributed by atoms with Gasteiger partial charge in [-0.25, -0.2) is 9.59 Å². The van der Waals surface area contributed by atoms with Crippen molar-refractivity contribution in [3.05, 3.63) is 48.0 Å². The number of carbonyl (C=O) groups is 4. The SMILES string of the molecule is C=CC[C@H](NC(=O)OC(C)(C)C)C(=O)N1C[C@H](OC(=O)N2Cc3ccccc3C2)C[C@H]1C(N)=O. The molecule has 0 aromatic heterocycles. The molecule has 0 bridgehead atoms. The van der Waals surface area contributed by atoms with Crippen molar-refractivity contribution in [3.63, 3.8) is 0 Å². The number of rotatable bonds is 6. The maximum atomic E-state index is 13.2. The van der Waals surface area contributed by atoms with E-state index in [-0.39, 0.29) is 19.4 Å². The fourth-order valence-corrected chi connectivity index (χ4v) is 4.11. The Morgan fingerprint density at radius 1 is 1.21 bits per heavy atom. The fraction of sp³-hybridized carbons (Fsp3) is 0.500. The molecule has 1 saturated heterocycles. The highest BCUT2D eigenvalue weighted by molar-refractivity contribution is 5.91. The van der Waals surface area contributed by atoms with Gasteiger partial charge in [0.25, 0.3) is 0 Å². The molecule has 4 amide bonds. The Kier molecular flexibility index (Phi) is 7.48. The smallest absolute Gasteiger partial charge is 0.410 e. The molecule has 3 N–H and O–H groups in total. The van der Waals surface area contributed by atoms with E-state index >= 15 is 0 Å². The Hall–Kier alpha value is -3.56. The number of nitrogens with zero attached hydrogens (tertiary/aromatic N) is 2. The van der Waals surface area contributed by atoms with E-state index in [1.54, 1.807) is 25.7 Å². The lowest BCUT2D eigenvalue weighted by Gasteiger charge is -2.28. The van der Waals surface area contributed by atoms with Gasteiger partial charge in [0.05, 0.1) is 6.54 Å². The van der Waals surface area contributed by atoms with Crippen LogP contribution in [0.3, 0.4) is 0 Å². The van der Waals surface area contributed by atoms with Gasteiger partial charge in [-0.2, -0.15) is 0 Å². The lowest BCUT2D eigenvalue weighted by atomic mass is 10.1. The summed E-state index contributed by atoms with van der Waals surface area (Å²) < 4.78 is 10.9. The highest BCUT2D eigenvalue weighted by atomic mass is 16.6. The molecule has 1 fully saturated rings. The summed E-state index contributed by atoms with van der Waals surface area (Å²) in [6.07, 6.45) is -0.300.